The van der Waals surface area contributed by atoms with Crippen LogP contribution in [-0.4, -0.2) is 57.1 Å². The van der Waals surface area contributed by atoms with Gasteiger partial charge in [-0.15, -0.1) is 0 Å². The zero-order valence-electron chi connectivity index (χ0n) is 51.4. The Balaban J connectivity index is 1.19. The van der Waals surface area contributed by atoms with Gasteiger partial charge in [-0.05, 0) is 57.1 Å². The van der Waals surface area contributed by atoms with Crippen molar-refractivity contribution in [3.05, 3.63) is 394 Å². The van der Waals surface area contributed by atoms with Crippen molar-refractivity contribution in [3.8, 4) is 0 Å². The van der Waals surface area contributed by atoms with E-state index >= 15 is 0 Å². The number of carbonyl (C=O) groups is 1. The van der Waals surface area contributed by atoms with Crippen molar-refractivity contribution < 1.29 is 29.8 Å². The summed E-state index contributed by atoms with van der Waals surface area (Å²) in [4.78, 5) is 14.4. The first-order valence-electron chi connectivity index (χ1n) is 31.2. The molecular weight excluding hydrogens is 1240 g/mol. The zero-order chi connectivity index (χ0) is 63.3. The van der Waals surface area contributed by atoms with Crippen LogP contribution in [0.1, 0.15) is 6.92 Å². The van der Waals surface area contributed by atoms with E-state index < -0.39 is 57.1 Å². The van der Waals surface area contributed by atoms with Crippen molar-refractivity contribution in [1.82, 2.24) is 0 Å². The van der Waals surface area contributed by atoms with Crippen molar-refractivity contribution in [2.45, 2.75) is 6.92 Å². The van der Waals surface area contributed by atoms with E-state index in [1.807, 2.05) is 121 Å². The lowest BCUT2D eigenvalue weighted by Gasteiger charge is -2.50. The first-order chi connectivity index (χ1) is 45.8. The van der Waals surface area contributed by atoms with E-state index in [9.17, 15) is 13.0 Å². The summed E-state index contributed by atoms with van der Waals surface area (Å²) < 4.78 is 52.3. The fraction of sp³-hybridized carbons (Fsp3) is 0.0125. The Hall–Kier alpha value is -9.57. The Labute approximate surface area is 551 Å². The lowest BCUT2D eigenvalue weighted by molar-refractivity contribution is -0.133. The van der Waals surface area contributed by atoms with Crippen molar-refractivity contribution in [2.24, 2.45) is 0 Å². The van der Waals surface area contributed by atoms with Gasteiger partial charge < -0.3 is 25.0 Å². The van der Waals surface area contributed by atoms with Gasteiger partial charge in [0.25, 0.3) is 14.3 Å². The summed E-state index contributed by atoms with van der Waals surface area (Å²) >= 11 is 0. The number of rotatable bonds is 24. The maximum absolute atomic E-state index is 14.4. The van der Waals surface area contributed by atoms with Gasteiger partial charge in [-0.3, -0.25) is 4.79 Å². The summed E-state index contributed by atoms with van der Waals surface area (Å²) in [5, 5.41) is 11.0. The Kier molecular flexibility index (Phi) is 18.8. The van der Waals surface area contributed by atoms with Crippen LogP contribution in [0.4, 0.5) is 0 Å². The molecule has 0 fully saturated rings. The molecule has 0 aliphatic rings. The third-order valence-corrected chi connectivity index (χ3v) is 43.3. The van der Waals surface area contributed by atoms with Crippen LogP contribution in [0.2, 0.25) is 0 Å². The van der Waals surface area contributed by atoms with E-state index in [2.05, 4.69) is 273 Å². The predicted molar refractivity (Wildman–Crippen MR) is 391 cm³/mol. The SMILES string of the molecule is CC(=O)O[Si](O[Si](O[Si](O[Si](O[Si](O[Si](c1ccccc1)(c1ccccc1)c1ccccc1)(c1ccccc1)c1ccccc1)(c1ccccc1)c1ccccc1)(c1ccccc1)c1ccccc1)(c1ccccc1)c1ccccc1)(c1ccccc1)c1ccccc1. The summed E-state index contributed by atoms with van der Waals surface area (Å²) in [7, 11) is -26.6. The molecule has 13 aromatic rings. The number of benzene rings is 13. The molecule has 0 unspecified atom stereocenters. The average molecular weight is 1310 g/mol. The molecule has 0 aliphatic carbocycles. The van der Waals surface area contributed by atoms with E-state index in [-0.39, 0.29) is 0 Å². The molecule has 0 atom stereocenters. The average Bonchev–Trinajstić information content (AvgIpc) is 0.713. The standard InChI is InChI=1S/C80H68O7Si6/c1-67(81)82-89(71-47-21-5-22-48-71,72-49-23-6-24-50-72)84-91(75-55-29-9-30-56-75,76-57-31-10-32-58-76)86-93(79-63-37-13-38-64-79,80-65-39-14-40-66-80)87-92(77-59-33-11-34-60-77,78-61-35-12-36-62-78)85-90(73-51-25-7-26-52-73,74-53-27-8-28-54-74)83-88(68-41-15-2-16-42-68,69-43-17-3-18-44-69)70-45-19-4-20-46-70/h2-66H,1H3. The minimum atomic E-state index is -4.71. The molecule has 0 saturated heterocycles. The molecule has 0 heterocycles. The molecule has 0 bridgehead atoms. The smallest absolute Gasteiger partial charge is 0.462 e. The second kappa shape index (κ2) is 28.1. The van der Waals surface area contributed by atoms with Crippen molar-refractivity contribution in [1.29, 1.82) is 0 Å². The van der Waals surface area contributed by atoms with Crippen LogP contribution < -0.4 is 67.4 Å². The highest BCUT2D eigenvalue weighted by atomic mass is 28.5. The molecule has 13 aromatic carbocycles. The molecule has 13 heteroatoms. The van der Waals surface area contributed by atoms with Crippen molar-refractivity contribution in [3.63, 3.8) is 0 Å². The van der Waals surface area contributed by atoms with Gasteiger partial charge in [-0.1, -0.05) is 394 Å². The van der Waals surface area contributed by atoms with Gasteiger partial charge in [-0.25, -0.2) is 0 Å². The van der Waals surface area contributed by atoms with Gasteiger partial charge in [0.2, 0.25) is 0 Å². The number of hydrogen-bond donors (Lipinski definition) is 0. The molecule has 0 aromatic heterocycles. The quantitative estimate of drug-likeness (QED) is 0.0444. The normalized spacial score (nSPS) is 12.2. The van der Waals surface area contributed by atoms with Crippen LogP contribution in [0, 0.1) is 0 Å². The number of carbonyl (C=O) groups excluding carboxylic acids is 1. The highest BCUT2D eigenvalue weighted by Crippen LogP contribution is 2.31. The van der Waals surface area contributed by atoms with Gasteiger partial charge in [0, 0.05) is 17.3 Å². The molecule has 0 aliphatic heterocycles. The minimum absolute atomic E-state index is 0.499. The van der Waals surface area contributed by atoms with Crippen LogP contribution in [0.5, 0.6) is 0 Å². The monoisotopic (exact) mass is 1310 g/mol. The third-order valence-electron chi connectivity index (χ3n) is 16.8. The first kappa shape index (κ1) is 62.2. The van der Waals surface area contributed by atoms with Gasteiger partial charge in [0.1, 0.15) is 0 Å². The molecule has 454 valence electrons. The molecular formula is C80H68O7Si6. The summed E-state index contributed by atoms with van der Waals surface area (Å²) in [6, 6.07) is 135. The maximum atomic E-state index is 14.4. The number of hydrogen-bond acceptors (Lipinski definition) is 7. The first-order valence-corrected chi connectivity index (χ1v) is 42.2. The van der Waals surface area contributed by atoms with E-state index in [4.69, 9.17) is 16.8 Å². The lowest BCUT2D eigenvalue weighted by Crippen LogP contribution is -2.86. The zero-order valence-corrected chi connectivity index (χ0v) is 57.4. The molecule has 0 spiro atoms. The molecule has 0 N–H and O–H groups in total. The van der Waals surface area contributed by atoms with E-state index in [0.717, 1.165) is 57.1 Å². The van der Waals surface area contributed by atoms with Crippen LogP contribution in [0.25, 0.3) is 0 Å². The van der Waals surface area contributed by atoms with Crippen molar-refractivity contribution in [2.75, 3.05) is 0 Å². The van der Waals surface area contributed by atoms with Crippen LogP contribution >= 0.6 is 0 Å². The fourth-order valence-corrected chi connectivity index (χ4v) is 44.7. The van der Waals surface area contributed by atoms with E-state index in [1.54, 1.807) is 0 Å². The van der Waals surface area contributed by atoms with Gasteiger partial charge in [-0.2, -0.15) is 0 Å². The summed E-state index contributed by atoms with van der Waals surface area (Å²) in [5.74, 6) is -0.499. The molecule has 93 heavy (non-hydrogen) atoms. The van der Waals surface area contributed by atoms with Crippen LogP contribution in [0.3, 0.4) is 0 Å². The van der Waals surface area contributed by atoms with Crippen LogP contribution in [0.15, 0.2) is 394 Å². The highest BCUT2D eigenvalue weighted by molar-refractivity contribution is 7.17. The lowest BCUT2D eigenvalue weighted by atomic mass is 10.3. The molecule has 13 rings (SSSR count). The summed E-state index contributed by atoms with van der Waals surface area (Å²) in [5.41, 5.74) is 0. The molecule has 0 saturated carbocycles. The minimum Gasteiger partial charge on any atom is -0.488 e. The second-order valence-corrected chi connectivity index (χ2v) is 41.9. The largest absolute Gasteiger partial charge is 0.488 e. The third kappa shape index (κ3) is 12.4. The van der Waals surface area contributed by atoms with E-state index in [1.165, 1.54) is 6.92 Å². The Morgan fingerprint density at radius 3 is 0.473 bits per heavy atom. The van der Waals surface area contributed by atoms with Gasteiger partial charge in [0.05, 0.1) is 0 Å². The Bertz CT molecular complexity index is 4160. The molecule has 0 amide bonds. The van der Waals surface area contributed by atoms with Crippen LogP contribution in [-0.2, 0) is 29.8 Å². The van der Waals surface area contributed by atoms with Gasteiger partial charge >= 0.3 is 42.8 Å². The predicted octanol–water partition coefficient (Wildman–Crippen LogP) is 8.58. The Morgan fingerprint density at radius 1 is 0.183 bits per heavy atom. The Morgan fingerprint density at radius 2 is 0.312 bits per heavy atom. The highest BCUT2D eigenvalue weighted by Gasteiger charge is 2.66. The fourth-order valence-electron chi connectivity index (χ4n) is 12.6. The molecule has 7 nitrogen and oxygen atoms in total. The second-order valence-electron chi connectivity index (χ2n) is 22.6. The summed E-state index contributed by atoms with van der Waals surface area (Å²) in [6.07, 6.45) is 0. The van der Waals surface area contributed by atoms with E-state index in [0.29, 0.717) is 10.4 Å². The van der Waals surface area contributed by atoms with Crippen molar-refractivity contribution >= 4 is 125 Å². The molecule has 0 radical (unpaired) electrons. The maximum Gasteiger partial charge on any atom is 0.462 e. The van der Waals surface area contributed by atoms with Gasteiger partial charge in [0.15, 0.2) is 0 Å². The topological polar surface area (TPSA) is 72.5 Å². The summed E-state index contributed by atoms with van der Waals surface area (Å²) in [6.45, 7) is 1.46.